The Hall–Kier alpha value is -4.17. The Morgan fingerprint density at radius 2 is 1.86 bits per heavy atom. The molecular formula is C31H27F3N4O4S2. The number of aromatic nitrogens is 3. The minimum Gasteiger partial charge on any atom is -0.612 e. The molecule has 1 fully saturated rings. The minimum atomic E-state index is -3.10. The van der Waals surface area contributed by atoms with Gasteiger partial charge in [0, 0.05) is 34.4 Å². The first kappa shape index (κ1) is 31.3. The Labute approximate surface area is 257 Å². The number of halogens is 3. The number of benzene rings is 3. The first-order valence-corrected chi connectivity index (χ1v) is 15.5. The van der Waals surface area contributed by atoms with Crippen LogP contribution in [0.4, 0.5) is 13.2 Å². The normalized spacial score (nSPS) is 13.4. The summed E-state index contributed by atoms with van der Waals surface area (Å²) in [5, 5.41) is 6.91. The van der Waals surface area contributed by atoms with Gasteiger partial charge in [-0.3, -0.25) is 0 Å². The topological polar surface area (TPSA) is 132 Å². The highest BCUT2D eigenvalue weighted by atomic mass is 32.2. The number of carbonyl (C=O) groups is 1. The van der Waals surface area contributed by atoms with E-state index in [1.54, 1.807) is 41.3 Å². The lowest BCUT2D eigenvalue weighted by Gasteiger charge is -2.10. The number of rotatable bonds is 9. The number of carbonyl (C=O) groups excluding carboxylic acids is 1. The maximum atomic E-state index is 15.0. The number of hydrogen-bond acceptors (Lipinski definition) is 8. The van der Waals surface area contributed by atoms with E-state index >= 15 is 4.39 Å². The Balaban J connectivity index is 0.00000384. The van der Waals surface area contributed by atoms with Crippen LogP contribution in [0.15, 0.2) is 70.9 Å². The van der Waals surface area contributed by atoms with Gasteiger partial charge in [0.15, 0.2) is 16.4 Å². The molecule has 0 aliphatic heterocycles. The van der Waals surface area contributed by atoms with Crippen LogP contribution in [0.5, 0.6) is 0 Å². The zero-order valence-corrected chi connectivity index (χ0v) is 25.1. The molecule has 2 heterocycles. The van der Waals surface area contributed by atoms with Gasteiger partial charge in [0.2, 0.25) is 5.13 Å². The van der Waals surface area contributed by atoms with E-state index in [0.717, 1.165) is 24.1 Å². The van der Waals surface area contributed by atoms with Gasteiger partial charge in [0.1, 0.15) is 11.6 Å². The van der Waals surface area contributed by atoms with Crippen molar-refractivity contribution < 1.29 is 31.5 Å². The molecular weight excluding hydrogens is 613 g/mol. The van der Waals surface area contributed by atoms with Crippen molar-refractivity contribution in [3.05, 3.63) is 106 Å². The number of nitrogens with zero attached hydrogens (tertiary/aromatic N) is 3. The molecule has 228 valence electrons. The predicted octanol–water partition coefficient (Wildman–Crippen LogP) is 7.07. The van der Waals surface area contributed by atoms with Gasteiger partial charge in [0.25, 0.3) is 0 Å². The van der Waals surface area contributed by atoms with Gasteiger partial charge in [-0.15, -0.1) is 15.5 Å². The summed E-state index contributed by atoms with van der Waals surface area (Å²) in [5.41, 5.74) is 3.75. The third-order valence-corrected chi connectivity index (χ3v) is 8.68. The van der Waals surface area contributed by atoms with E-state index < -0.39 is 39.4 Å². The van der Waals surface area contributed by atoms with Crippen molar-refractivity contribution in [1.29, 1.82) is 0 Å². The number of ether oxygens (including phenoxy) is 1. The quantitative estimate of drug-likeness (QED) is 0.104. The molecule has 0 spiro atoms. The molecule has 8 nitrogen and oxygen atoms in total. The second kappa shape index (κ2) is 12.8. The third kappa shape index (κ3) is 6.22. The van der Waals surface area contributed by atoms with E-state index in [0.29, 0.717) is 27.5 Å². The van der Waals surface area contributed by atoms with Gasteiger partial charge >= 0.3 is 5.97 Å². The van der Waals surface area contributed by atoms with E-state index in [9.17, 15) is 22.3 Å². The number of thiol groups is 1. The van der Waals surface area contributed by atoms with Crippen molar-refractivity contribution in [2.45, 2.75) is 37.0 Å². The summed E-state index contributed by atoms with van der Waals surface area (Å²) in [7, 11) is 0. The van der Waals surface area contributed by atoms with Gasteiger partial charge in [0.05, 0.1) is 29.1 Å². The lowest BCUT2D eigenvalue weighted by Crippen LogP contribution is -2.07. The van der Waals surface area contributed by atoms with Crippen molar-refractivity contribution in [1.82, 2.24) is 20.9 Å². The maximum absolute atomic E-state index is 15.0. The Morgan fingerprint density at radius 1 is 1.07 bits per heavy atom. The lowest BCUT2D eigenvalue weighted by molar-refractivity contribution is 0.0520. The average molecular weight is 641 g/mol. The van der Waals surface area contributed by atoms with Crippen LogP contribution in [0, 0.1) is 17.5 Å². The fourth-order valence-corrected chi connectivity index (χ4v) is 6.21. The van der Waals surface area contributed by atoms with Gasteiger partial charge in [-0.1, -0.05) is 18.2 Å². The third-order valence-electron chi connectivity index (χ3n) is 7.11. The molecule has 13 heteroatoms. The van der Waals surface area contributed by atoms with Crippen LogP contribution in [0.1, 0.15) is 53.0 Å². The Kier molecular flexibility index (Phi) is 9.11. The van der Waals surface area contributed by atoms with Gasteiger partial charge < -0.3 is 15.4 Å². The van der Waals surface area contributed by atoms with Crippen LogP contribution in [-0.2, 0) is 26.4 Å². The molecule has 1 saturated carbocycles. The maximum Gasteiger partial charge on any atom is 0.357 e. The Bertz CT molecular complexity index is 1890. The molecule has 2 aromatic heterocycles. The van der Waals surface area contributed by atoms with E-state index in [1.807, 2.05) is 0 Å². The van der Waals surface area contributed by atoms with Crippen molar-refractivity contribution >= 4 is 28.4 Å². The first-order valence-electron chi connectivity index (χ1n) is 13.5. The van der Waals surface area contributed by atoms with Crippen molar-refractivity contribution in [3.63, 3.8) is 0 Å². The second-order valence-electron chi connectivity index (χ2n) is 10.1. The van der Waals surface area contributed by atoms with Crippen molar-refractivity contribution in [2.75, 3.05) is 6.61 Å². The molecule has 44 heavy (non-hydrogen) atoms. The standard InChI is InChI=1S/C31H24F3N3O4S2.H3N/c1-2-41-30(38)26-16-42-31(35-26)37-29(18-7-8-18)23(12-17-6-11-27(43(39)40)25(34)13-17)28(36-37)20-9-10-24(33)22(15-20)19-4-3-5-21(32)14-19;/h3-6,9-11,13-16,18,43H,2,7-8,12H2,1H3;1H3. The summed E-state index contributed by atoms with van der Waals surface area (Å²) in [4.78, 5) is 16.4. The molecule has 0 radical (unpaired) electrons. The molecule has 0 bridgehead atoms. The van der Waals surface area contributed by atoms with E-state index in [2.05, 4.69) is 4.98 Å². The van der Waals surface area contributed by atoms with Crippen LogP contribution < -0.4 is 6.15 Å². The molecule has 6 rings (SSSR count). The molecule has 1 aliphatic rings. The Morgan fingerprint density at radius 3 is 2.55 bits per heavy atom. The molecule has 0 amide bonds. The van der Waals surface area contributed by atoms with Crippen LogP contribution >= 0.6 is 11.3 Å². The summed E-state index contributed by atoms with van der Waals surface area (Å²) < 4.78 is 73.4. The van der Waals surface area contributed by atoms with Gasteiger partial charge in [-0.25, -0.2) is 27.6 Å². The zero-order chi connectivity index (χ0) is 30.2. The SMILES string of the molecule is CCOC(=O)c1csc(-n2nc(-c3ccc(F)c(-c4cccc(F)c4)c3)c(Cc3ccc([SH+](=O)[O-])c(F)c3)c2C2CC2)n1.N. The zero-order valence-electron chi connectivity index (χ0n) is 23.4. The fraction of sp³-hybridized carbons (Fsp3) is 0.194. The van der Waals surface area contributed by atoms with Crippen LogP contribution in [0.2, 0.25) is 0 Å². The summed E-state index contributed by atoms with van der Waals surface area (Å²) in [6, 6.07) is 14.0. The molecule has 1 atom stereocenters. The number of hydrogen-bond donors (Lipinski definition) is 1. The summed E-state index contributed by atoms with van der Waals surface area (Å²) in [6.45, 7) is 1.90. The van der Waals surface area contributed by atoms with Gasteiger partial charge in [-0.2, -0.15) is 5.10 Å². The summed E-state index contributed by atoms with van der Waals surface area (Å²) >= 11 is -1.89. The van der Waals surface area contributed by atoms with E-state index in [4.69, 9.17) is 9.84 Å². The molecule has 3 N–H and O–H groups in total. The highest BCUT2D eigenvalue weighted by molar-refractivity contribution is 7.79. The summed E-state index contributed by atoms with van der Waals surface area (Å²) in [6.07, 6.45) is 1.93. The van der Waals surface area contributed by atoms with E-state index in [-0.39, 0.29) is 36.4 Å². The molecule has 1 aliphatic carbocycles. The molecule has 0 saturated heterocycles. The lowest BCUT2D eigenvalue weighted by atomic mass is 9.95. The molecule has 3 aromatic carbocycles. The smallest absolute Gasteiger partial charge is 0.357 e. The number of esters is 1. The fourth-order valence-electron chi connectivity index (χ4n) is 5.01. The second-order valence-corrected chi connectivity index (χ2v) is 11.9. The van der Waals surface area contributed by atoms with Crippen molar-refractivity contribution in [2.24, 2.45) is 0 Å². The van der Waals surface area contributed by atoms with E-state index in [1.165, 1.54) is 47.7 Å². The highest BCUT2D eigenvalue weighted by Gasteiger charge is 2.34. The van der Waals surface area contributed by atoms with Crippen LogP contribution in [0.25, 0.3) is 27.5 Å². The highest BCUT2D eigenvalue weighted by Crippen LogP contribution is 2.46. The average Bonchev–Trinajstić information content (AvgIpc) is 3.56. The molecule has 1 unspecified atom stereocenters. The first-order chi connectivity index (χ1) is 20.7. The van der Waals surface area contributed by atoms with Gasteiger partial charge in [-0.05, 0) is 73.4 Å². The molecule has 5 aromatic rings. The van der Waals surface area contributed by atoms with Crippen molar-refractivity contribution in [3.8, 4) is 27.5 Å². The summed E-state index contributed by atoms with van der Waals surface area (Å²) in [5.74, 6) is -2.36. The minimum absolute atomic E-state index is 0. The van der Waals surface area contributed by atoms with Crippen LogP contribution in [0.3, 0.4) is 0 Å². The monoisotopic (exact) mass is 640 g/mol. The largest absolute Gasteiger partial charge is 0.612 e. The predicted molar refractivity (Wildman–Crippen MR) is 161 cm³/mol. The number of thiazole rings is 1. The van der Waals surface area contributed by atoms with Crippen LogP contribution in [-0.4, -0.2) is 31.9 Å².